The predicted octanol–water partition coefficient (Wildman–Crippen LogP) is 3.75. The third kappa shape index (κ3) is 5.77. The molecule has 0 aliphatic carbocycles. The molecule has 0 spiro atoms. The second-order valence-electron chi connectivity index (χ2n) is 7.34. The molecule has 1 aromatic rings. The molecule has 1 N–H and O–H groups in total. The van der Waals surface area contributed by atoms with Crippen molar-refractivity contribution in [2.24, 2.45) is 5.92 Å². The molecule has 1 aliphatic rings. The van der Waals surface area contributed by atoms with Crippen molar-refractivity contribution in [1.29, 1.82) is 0 Å². The molecule has 2 heterocycles. The van der Waals surface area contributed by atoms with E-state index < -0.39 is 5.60 Å². The monoisotopic (exact) mass is 339 g/mol. The largest absolute Gasteiger partial charge is 0.444 e. The minimum atomic E-state index is -0.419. The molecule has 1 fully saturated rings. The van der Waals surface area contributed by atoms with E-state index in [1.54, 1.807) is 11.3 Å². The van der Waals surface area contributed by atoms with Gasteiger partial charge in [0, 0.05) is 24.5 Å². The molecular weight excluding hydrogens is 310 g/mol. The Kier molecular flexibility index (Phi) is 6.03. The van der Waals surface area contributed by atoms with E-state index in [4.69, 9.17) is 4.74 Å². The van der Waals surface area contributed by atoms with Crippen LogP contribution in [0.3, 0.4) is 0 Å². The molecule has 5 nitrogen and oxygen atoms in total. The molecule has 23 heavy (non-hydrogen) atoms. The first-order chi connectivity index (χ1) is 10.7. The molecule has 1 aromatic heterocycles. The van der Waals surface area contributed by atoms with Crippen molar-refractivity contribution < 1.29 is 9.53 Å². The van der Waals surface area contributed by atoms with Crippen molar-refractivity contribution in [3.8, 4) is 0 Å². The Morgan fingerprint density at radius 2 is 2.30 bits per heavy atom. The molecule has 2 atom stereocenters. The van der Waals surface area contributed by atoms with E-state index in [-0.39, 0.29) is 12.1 Å². The average Bonchev–Trinajstić information content (AvgIpc) is 3.05. The lowest BCUT2D eigenvalue weighted by atomic mass is 10.0. The topological polar surface area (TPSA) is 54.5 Å². The summed E-state index contributed by atoms with van der Waals surface area (Å²) in [5.41, 5.74) is 0.701. The van der Waals surface area contributed by atoms with Crippen LogP contribution in [0.15, 0.2) is 5.38 Å². The summed E-state index contributed by atoms with van der Waals surface area (Å²) < 4.78 is 5.44. The summed E-state index contributed by atoms with van der Waals surface area (Å²) in [4.78, 5) is 18.4. The summed E-state index contributed by atoms with van der Waals surface area (Å²) in [7, 11) is 0. The minimum Gasteiger partial charge on any atom is -0.444 e. The number of nitrogens with zero attached hydrogens (tertiary/aromatic N) is 2. The first-order valence-corrected chi connectivity index (χ1v) is 9.26. The molecule has 6 heteroatoms. The second kappa shape index (κ2) is 7.62. The van der Waals surface area contributed by atoms with Crippen LogP contribution in [0.4, 0.5) is 4.79 Å². The van der Waals surface area contributed by atoms with Gasteiger partial charge in [0.25, 0.3) is 0 Å². The van der Waals surface area contributed by atoms with E-state index in [1.165, 1.54) is 0 Å². The van der Waals surface area contributed by atoms with Gasteiger partial charge in [-0.1, -0.05) is 0 Å². The molecule has 130 valence electrons. The number of thiazole rings is 1. The fourth-order valence-corrected chi connectivity index (χ4v) is 3.45. The highest BCUT2D eigenvalue weighted by Crippen LogP contribution is 2.22. The van der Waals surface area contributed by atoms with E-state index >= 15 is 0 Å². The molecular formula is C17H29N3O2S. The number of ether oxygens (including phenoxy) is 1. The van der Waals surface area contributed by atoms with Crippen LogP contribution in [0.1, 0.15) is 57.3 Å². The quantitative estimate of drug-likeness (QED) is 0.888. The minimum absolute atomic E-state index is 0.181. The van der Waals surface area contributed by atoms with Crippen molar-refractivity contribution in [3.05, 3.63) is 16.1 Å². The highest BCUT2D eigenvalue weighted by molar-refractivity contribution is 7.09. The zero-order valence-electron chi connectivity index (χ0n) is 14.9. The highest BCUT2D eigenvalue weighted by Gasteiger charge is 2.29. The van der Waals surface area contributed by atoms with Gasteiger partial charge in [0.1, 0.15) is 5.60 Å². The Morgan fingerprint density at radius 1 is 1.57 bits per heavy atom. The van der Waals surface area contributed by atoms with E-state index in [1.807, 2.05) is 32.6 Å². The van der Waals surface area contributed by atoms with Crippen LogP contribution < -0.4 is 5.32 Å². The zero-order chi connectivity index (χ0) is 17.0. The van der Waals surface area contributed by atoms with Crippen LogP contribution >= 0.6 is 11.3 Å². The predicted molar refractivity (Wildman–Crippen MR) is 93.8 cm³/mol. The zero-order valence-corrected chi connectivity index (χ0v) is 15.7. The van der Waals surface area contributed by atoms with Crippen molar-refractivity contribution in [3.63, 3.8) is 0 Å². The molecule has 0 bridgehead atoms. The van der Waals surface area contributed by atoms with Gasteiger partial charge in [-0.3, -0.25) is 0 Å². The lowest BCUT2D eigenvalue weighted by molar-refractivity contribution is 0.0287. The maximum atomic E-state index is 12.1. The summed E-state index contributed by atoms with van der Waals surface area (Å²) in [6.07, 6.45) is 1.96. The number of likely N-dealkylation sites (tertiary alicyclic amines) is 1. The summed E-state index contributed by atoms with van der Waals surface area (Å²) in [6, 6.07) is 0.281. The number of rotatable bonds is 5. The number of hydrogen-bond donors (Lipinski definition) is 1. The van der Waals surface area contributed by atoms with Gasteiger partial charge in [0.05, 0.1) is 10.7 Å². The van der Waals surface area contributed by atoms with Crippen molar-refractivity contribution in [2.75, 3.05) is 19.6 Å². The van der Waals surface area contributed by atoms with Gasteiger partial charge in [0.15, 0.2) is 0 Å². The number of amides is 1. The van der Waals surface area contributed by atoms with E-state index in [0.29, 0.717) is 5.92 Å². The Balaban J connectivity index is 1.69. The normalized spacial score (nSPS) is 19.9. The number of carbonyl (C=O) groups excluding carboxylic acids is 1. The highest BCUT2D eigenvalue weighted by atomic mass is 32.1. The molecule has 0 aromatic carbocycles. The molecule has 1 saturated heterocycles. The Bertz CT molecular complexity index is 524. The number of aromatic nitrogens is 1. The molecule has 0 saturated carbocycles. The molecule has 1 amide bonds. The van der Waals surface area contributed by atoms with Crippen LogP contribution in [0.25, 0.3) is 0 Å². The Morgan fingerprint density at radius 3 is 2.91 bits per heavy atom. The van der Waals surface area contributed by atoms with Crippen LogP contribution in [-0.4, -0.2) is 41.2 Å². The summed E-state index contributed by atoms with van der Waals surface area (Å²) in [6.45, 7) is 12.5. The molecule has 2 rings (SSSR count). The van der Waals surface area contributed by atoms with Gasteiger partial charge in [0.2, 0.25) is 0 Å². The first kappa shape index (κ1) is 18.2. The molecule has 2 unspecified atom stereocenters. The number of nitrogens with one attached hydrogen (secondary N) is 1. The van der Waals surface area contributed by atoms with Gasteiger partial charge in [-0.05, 0) is 59.9 Å². The van der Waals surface area contributed by atoms with E-state index in [9.17, 15) is 4.79 Å². The smallest absolute Gasteiger partial charge is 0.410 e. The van der Waals surface area contributed by atoms with Crippen molar-refractivity contribution in [2.45, 2.75) is 59.1 Å². The third-order valence-corrected chi connectivity index (χ3v) is 4.81. The van der Waals surface area contributed by atoms with Crippen LogP contribution in [0.2, 0.25) is 0 Å². The third-order valence-electron chi connectivity index (χ3n) is 4.02. The first-order valence-electron chi connectivity index (χ1n) is 8.38. The number of hydrogen-bond acceptors (Lipinski definition) is 5. The second-order valence-corrected chi connectivity index (χ2v) is 8.40. The fraction of sp³-hybridized carbons (Fsp3) is 0.765. The lowest BCUT2D eigenvalue weighted by Gasteiger charge is -2.24. The van der Waals surface area contributed by atoms with Crippen molar-refractivity contribution >= 4 is 17.4 Å². The Labute approximate surface area is 143 Å². The summed E-state index contributed by atoms with van der Waals surface area (Å²) in [5.74, 6) is 0.555. The van der Waals surface area contributed by atoms with Gasteiger partial charge >= 0.3 is 6.09 Å². The van der Waals surface area contributed by atoms with E-state index in [2.05, 4.69) is 22.6 Å². The van der Waals surface area contributed by atoms with Gasteiger partial charge in [-0.15, -0.1) is 11.3 Å². The lowest BCUT2D eigenvalue weighted by Crippen LogP contribution is -2.35. The molecule has 1 aliphatic heterocycles. The van der Waals surface area contributed by atoms with Gasteiger partial charge in [-0.2, -0.15) is 0 Å². The standard InChI is InChI=1S/C17H29N3O2S/c1-12(15-11-23-13(2)19-15)18-8-6-14-7-9-20(10-14)16(21)22-17(3,4)5/h11-12,14,18H,6-10H2,1-5H3. The summed E-state index contributed by atoms with van der Waals surface area (Å²) in [5, 5.41) is 6.76. The average molecular weight is 340 g/mol. The fourth-order valence-electron chi connectivity index (χ4n) is 2.75. The van der Waals surface area contributed by atoms with E-state index in [0.717, 1.165) is 43.2 Å². The van der Waals surface area contributed by atoms with Crippen LogP contribution in [0.5, 0.6) is 0 Å². The molecule has 0 radical (unpaired) electrons. The maximum absolute atomic E-state index is 12.1. The van der Waals surface area contributed by atoms with Crippen LogP contribution in [0, 0.1) is 12.8 Å². The van der Waals surface area contributed by atoms with Crippen molar-refractivity contribution in [1.82, 2.24) is 15.2 Å². The maximum Gasteiger partial charge on any atom is 0.410 e. The number of aryl methyl sites for hydroxylation is 1. The van der Waals surface area contributed by atoms with Crippen LogP contribution in [-0.2, 0) is 4.74 Å². The SMILES string of the molecule is Cc1nc(C(C)NCCC2CCN(C(=O)OC(C)(C)C)C2)cs1. The Hall–Kier alpha value is -1.14. The summed E-state index contributed by atoms with van der Waals surface area (Å²) >= 11 is 1.69. The number of carbonyl (C=O) groups is 1. The van der Waals surface area contributed by atoms with Gasteiger partial charge < -0.3 is 15.0 Å². The van der Waals surface area contributed by atoms with Gasteiger partial charge in [-0.25, -0.2) is 9.78 Å².